The van der Waals surface area contributed by atoms with Crippen LogP contribution >= 0.6 is 0 Å². The van der Waals surface area contributed by atoms with E-state index in [9.17, 15) is 4.39 Å². The number of ether oxygens (including phenoxy) is 1. The van der Waals surface area contributed by atoms with Crippen molar-refractivity contribution in [1.29, 1.82) is 0 Å². The van der Waals surface area contributed by atoms with Crippen molar-refractivity contribution in [1.82, 2.24) is 14.8 Å². The molecular formula is C17H17FN4O. The largest absolute Gasteiger partial charge is 0.496 e. The number of methoxy groups -OCH3 is 1. The Hall–Kier alpha value is -2.89. The fourth-order valence-corrected chi connectivity index (χ4v) is 2.46. The summed E-state index contributed by atoms with van der Waals surface area (Å²) >= 11 is 0. The molecule has 0 unspecified atom stereocenters. The van der Waals surface area contributed by atoms with Gasteiger partial charge in [0, 0.05) is 19.8 Å². The van der Waals surface area contributed by atoms with Crippen LogP contribution in [-0.4, -0.2) is 28.9 Å². The number of aromatic nitrogens is 3. The highest BCUT2D eigenvalue weighted by molar-refractivity contribution is 5.67. The standard InChI is InChI=1S/C17H17FN4O/c1-21(13-10-8-12(18)9-11-13)17-20-19-16(22(17)2)14-6-4-5-7-15(14)23-3/h4-11H,1-3H3. The maximum Gasteiger partial charge on any atom is 0.231 e. The molecule has 23 heavy (non-hydrogen) atoms. The van der Waals surface area contributed by atoms with E-state index < -0.39 is 0 Å². The van der Waals surface area contributed by atoms with Gasteiger partial charge < -0.3 is 9.64 Å². The first-order valence-corrected chi connectivity index (χ1v) is 7.14. The summed E-state index contributed by atoms with van der Waals surface area (Å²) < 4.78 is 20.3. The molecule has 0 aliphatic heterocycles. The van der Waals surface area contributed by atoms with Crippen LogP contribution in [0.2, 0.25) is 0 Å². The van der Waals surface area contributed by atoms with Gasteiger partial charge in [0.1, 0.15) is 11.6 Å². The van der Waals surface area contributed by atoms with Gasteiger partial charge in [-0.25, -0.2) is 4.39 Å². The first-order valence-electron chi connectivity index (χ1n) is 7.14. The molecule has 0 aliphatic carbocycles. The molecule has 0 fully saturated rings. The summed E-state index contributed by atoms with van der Waals surface area (Å²) in [5.41, 5.74) is 1.69. The highest BCUT2D eigenvalue weighted by Gasteiger charge is 2.17. The van der Waals surface area contributed by atoms with E-state index in [2.05, 4.69) is 10.2 Å². The van der Waals surface area contributed by atoms with Crippen molar-refractivity contribution in [3.05, 3.63) is 54.3 Å². The van der Waals surface area contributed by atoms with Crippen molar-refractivity contribution in [3.8, 4) is 17.1 Å². The molecule has 0 radical (unpaired) electrons. The topological polar surface area (TPSA) is 43.2 Å². The molecule has 3 aromatic rings. The van der Waals surface area contributed by atoms with Gasteiger partial charge in [0.15, 0.2) is 5.82 Å². The fourth-order valence-electron chi connectivity index (χ4n) is 2.46. The Labute approximate surface area is 134 Å². The molecule has 118 valence electrons. The molecular weight excluding hydrogens is 295 g/mol. The number of hydrogen-bond acceptors (Lipinski definition) is 4. The number of hydrogen-bond donors (Lipinski definition) is 0. The lowest BCUT2D eigenvalue weighted by Gasteiger charge is -2.18. The Morgan fingerprint density at radius 3 is 2.43 bits per heavy atom. The monoisotopic (exact) mass is 312 g/mol. The molecule has 3 rings (SSSR count). The van der Waals surface area contributed by atoms with Crippen molar-refractivity contribution >= 4 is 11.6 Å². The second kappa shape index (κ2) is 6.08. The van der Waals surface area contributed by atoms with Crippen molar-refractivity contribution in [3.63, 3.8) is 0 Å². The molecule has 5 nitrogen and oxygen atoms in total. The minimum absolute atomic E-state index is 0.269. The van der Waals surface area contributed by atoms with Crippen LogP contribution in [-0.2, 0) is 7.05 Å². The second-order valence-corrected chi connectivity index (χ2v) is 5.12. The third-order valence-corrected chi connectivity index (χ3v) is 3.71. The predicted molar refractivity (Wildman–Crippen MR) is 87.5 cm³/mol. The lowest BCUT2D eigenvalue weighted by Crippen LogP contribution is -2.14. The van der Waals surface area contributed by atoms with Crippen LogP contribution in [0.4, 0.5) is 16.0 Å². The number of anilines is 2. The molecule has 0 atom stereocenters. The summed E-state index contributed by atoms with van der Waals surface area (Å²) in [6, 6.07) is 13.9. The number of nitrogens with zero attached hydrogens (tertiary/aromatic N) is 4. The Bertz CT molecular complexity index is 814. The van der Waals surface area contributed by atoms with E-state index in [1.807, 2.05) is 47.8 Å². The van der Waals surface area contributed by atoms with E-state index in [0.29, 0.717) is 11.8 Å². The van der Waals surface area contributed by atoms with Gasteiger partial charge >= 0.3 is 0 Å². The van der Waals surface area contributed by atoms with Gasteiger partial charge in [-0.2, -0.15) is 0 Å². The summed E-state index contributed by atoms with van der Waals surface area (Å²) in [5, 5.41) is 8.53. The van der Waals surface area contributed by atoms with Crippen LogP contribution < -0.4 is 9.64 Å². The molecule has 0 saturated carbocycles. The highest BCUT2D eigenvalue weighted by atomic mass is 19.1. The van der Waals surface area contributed by atoms with E-state index in [4.69, 9.17) is 4.74 Å². The van der Waals surface area contributed by atoms with E-state index in [0.717, 1.165) is 17.0 Å². The molecule has 0 aliphatic rings. The Morgan fingerprint density at radius 1 is 1.04 bits per heavy atom. The van der Waals surface area contributed by atoms with Crippen molar-refractivity contribution in [2.24, 2.45) is 7.05 Å². The quantitative estimate of drug-likeness (QED) is 0.740. The zero-order valence-corrected chi connectivity index (χ0v) is 13.2. The van der Waals surface area contributed by atoms with Crippen LogP contribution in [0, 0.1) is 5.82 Å². The summed E-state index contributed by atoms with van der Waals surface area (Å²) in [6.07, 6.45) is 0. The van der Waals surface area contributed by atoms with E-state index in [1.165, 1.54) is 12.1 Å². The van der Waals surface area contributed by atoms with Gasteiger partial charge in [0.05, 0.1) is 12.7 Å². The number of benzene rings is 2. The molecule has 6 heteroatoms. The van der Waals surface area contributed by atoms with Gasteiger partial charge in [-0.1, -0.05) is 12.1 Å². The molecule has 0 spiro atoms. The van der Waals surface area contributed by atoms with Crippen molar-refractivity contribution in [2.45, 2.75) is 0 Å². The van der Waals surface area contributed by atoms with Gasteiger partial charge in [-0.15, -0.1) is 10.2 Å². The van der Waals surface area contributed by atoms with Gasteiger partial charge in [-0.05, 0) is 36.4 Å². The highest BCUT2D eigenvalue weighted by Crippen LogP contribution is 2.31. The Balaban J connectivity index is 2.00. The first-order chi connectivity index (χ1) is 11.1. The van der Waals surface area contributed by atoms with E-state index in [-0.39, 0.29) is 5.82 Å². The molecule has 0 amide bonds. The Morgan fingerprint density at radius 2 is 1.74 bits per heavy atom. The van der Waals surface area contributed by atoms with E-state index >= 15 is 0 Å². The normalized spacial score (nSPS) is 10.6. The minimum atomic E-state index is -0.269. The van der Waals surface area contributed by atoms with Crippen LogP contribution in [0.3, 0.4) is 0 Å². The van der Waals surface area contributed by atoms with Crippen LogP contribution in [0.5, 0.6) is 5.75 Å². The fraction of sp³-hybridized carbons (Fsp3) is 0.176. The van der Waals surface area contributed by atoms with Gasteiger partial charge in [-0.3, -0.25) is 4.57 Å². The average molecular weight is 312 g/mol. The van der Waals surface area contributed by atoms with Crippen molar-refractivity contribution < 1.29 is 9.13 Å². The molecule has 1 aromatic heterocycles. The average Bonchev–Trinajstić information content (AvgIpc) is 2.96. The maximum atomic E-state index is 13.1. The maximum absolute atomic E-state index is 13.1. The third-order valence-electron chi connectivity index (χ3n) is 3.71. The minimum Gasteiger partial charge on any atom is -0.496 e. The summed E-state index contributed by atoms with van der Waals surface area (Å²) in [5.74, 6) is 1.82. The molecule has 2 aromatic carbocycles. The summed E-state index contributed by atoms with van der Waals surface area (Å²) in [7, 11) is 5.38. The van der Waals surface area contributed by atoms with Crippen LogP contribution in [0.15, 0.2) is 48.5 Å². The van der Waals surface area contributed by atoms with Gasteiger partial charge in [0.25, 0.3) is 0 Å². The summed E-state index contributed by atoms with van der Waals surface area (Å²) in [4.78, 5) is 1.85. The lowest BCUT2D eigenvalue weighted by atomic mass is 10.2. The van der Waals surface area contributed by atoms with Gasteiger partial charge in [0.2, 0.25) is 5.95 Å². The van der Waals surface area contributed by atoms with Crippen LogP contribution in [0.25, 0.3) is 11.4 Å². The van der Waals surface area contributed by atoms with E-state index in [1.54, 1.807) is 19.2 Å². The molecule has 0 N–H and O–H groups in total. The second-order valence-electron chi connectivity index (χ2n) is 5.12. The zero-order chi connectivity index (χ0) is 16.4. The predicted octanol–water partition coefficient (Wildman–Crippen LogP) is 3.40. The molecule has 0 saturated heterocycles. The molecule has 0 bridgehead atoms. The smallest absolute Gasteiger partial charge is 0.231 e. The zero-order valence-electron chi connectivity index (χ0n) is 13.2. The number of halogens is 1. The van der Waals surface area contributed by atoms with Crippen molar-refractivity contribution in [2.75, 3.05) is 19.1 Å². The first kappa shape index (κ1) is 15.0. The van der Waals surface area contributed by atoms with Crippen LogP contribution in [0.1, 0.15) is 0 Å². The number of para-hydroxylation sites is 1. The molecule has 1 heterocycles. The lowest BCUT2D eigenvalue weighted by molar-refractivity contribution is 0.416. The SMILES string of the molecule is COc1ccccc1-c1nnc(N(C)c2ccc(F)cc2)n1C. The Kier molecular flexibility index (Phi) is 3.97. The number of rotatable bonds is 4. The summed E-state index contributed by atoms with van der Waals surface area (Å²) in [6.45, 7) is 0. The third kappa shape index (κ3) is 2.75.